The zero-order valence-electron chi connectivity index (χ0n) is 21.4. The molecule has 5 rings (SSSR count). The summed E-state index contributed by atoms with van der Waals surface area (Å²) in [6.45, 7) is 5.78. The van der Waals surface area contributed by atoms with Crippen LogP contribution < -0.4 is 5.32 Å². The number of rotatable bonds is 4. The number of likely N-dealkylation sites (tertiary alicyclic amines) is 1. The third kappa shape index (κ3) is 5.02. The van der Waals surface area contributed by atoms with Gasteiger partial charge in [-0.2, -0.15) is 0 Å². The first-order valence-electron chi connectivity index (χ1n) is 13.0. The molecule has 3 aliphatic rings. The van der Waals surface area contributed by atoms with Crippen molar-refractivity contribution in [2.75, 3.05) is 26.3 Å². The van der Waals surface area contributed by atoms with Crippen LogP contribution in [0.1, 0.15) is 55.5 Å². The Morgan fingerprint density at radius 3 is 2.35 bits per heavy atom. The Labute approximate surface area is 223 Å². The molecule has 0 aromatic heterocycles. The number of hydrogen-bond donors (Lipinski definition) is 2. The van der Waals surface area contributed by atoms with Crippen LogP contribution in [0.4, 0.5) is 0 Å². The van der Waals surface area contributed by atoms with E-state index in [9.17, 15) is 14.7 Å². The molecule has 37 heavy (non-hydrogen) atoms. The molecule has 8 heteroatoms. The van der Waals surface area contributed by atoms with Crippen LogP contribution in [0.25, 0.3) is 0 Å². The van der Waals surface area contributed by atoms with E-state index in [1.54, 1.807) is 24.3 Å². The fraction of sp³-hybridized carbons (Fsp3) is 0.517. The molecule has 2 amide bonds. The van der Waals surface area contributed by atoms with Crippen molar-refractivity contribution in [2.24, 2.45) is 11.3 Å². The zero-order valence-corrected chi connectivity index (χ0v) is 22.2. The summed E-state index contributed by atoms with van der Waals surface area (Å²) >= 11 is 6.07. The Kier molecular flexibility index (Phi) is 7.09. The molecule has 2 heterocycles. The molecule has 0 bridgehead atoms. The number of nitrogens with one attached hydrogen (secondary N) is 1. The van der Waals surface area contributed by atoms with Crippen LogP contribution in [0.15, 0.2) is 54.6 Å². The molecule has 2 aromatic rings. The summed E-state index contributed by atoms with van der Waals surface area (Å²) in [5, 5.41) is 15.5. The van der Waals surface area contributed by atoms with E-state index in [0.29, 0.717) is 62.6 Å². The monoisotopic (exact) mass is 526 g/mol. The van der Waals surface area contributed by atoms with Gasteiger partial charge in [0.1, 0.15) is 0 Å². The Balaban J connectivity index is 1.36. The van der Waals surface area contributed by atoms with Crippen LogP contribution >= 0.6 is 11.6 Å². The van der Waals surface area contributed by atoms with Crippen molar-refractivity contribution >= 4 is 23.4 Å². The van der Waals surface area contributed by atoms with Crippen LogP contribution in [0, 0.1) is 11.3 Å². The maximum atomic E-state index is 14.1. The molecule has 2 saturated heterocycles. The number of carbonyl (C=O) groups is 2. The second-order valence-electron chi connectivity index (χ2n) is 11.2. The number of aliphatic hydroxyl groups is 1. The number of halogens is 1. The van der Waals surface area contributed by atoms with Gasteiger partial charge in [-0.25, -0.2) is 0 Å². The van der Waals surface area contributed by atoms with Crippen LogP contribution in [0.3, 0.4) is 0 Å². The minimum Gasteiger partial charge on any atom is -0.384 e. The lowest BCUT2D eigenvalue weighted by Gasteiger charge is -2.52. The van der Waals surface area contributed by atoms with E-state index < -0.39 is 22.7 Å². The number of benzene rings is 2. The van der Waals surface area contributed by atoms with Gasteiger partial charge in [0.2, 0.25) is 5.91 Å². The van der Waals surface area contributed by atoms with E-state index in [0.717, 1.165) is 5.56 Å². The normalized spacial score (nSPS) is 28.7. The number of ether oxygens (including phenoxy) is 2. The van der Waals surface area contributed by atoms with Crippen molar-refractivity contribution in [3.05, 3.63) is 70.7 Å². The van der Waals surface area contributed by atoms with Gasteiger partial charge in [0.25, 0.3) is 5.91 Å². The second-order valence-corrected chi connectivity index (χ2v) is 11.6. The fourth-order valence-corrected chi connectivity index (χ4v) is 6.32. The Morgan fingerprint density at radius 2 is 1.70 bits per heavy atom. The fourth-order valence-electron chi connectivity index (χ4n) is 6.19. The van der Waals surface area contributed by atoms with E-state index in [2.05, 4.69) is 5.32 Å². The van der Waals surface area contributed by atoms with Gasteiger partial charge in [-0.05, 0) is 42.7 Å². The van der Waals surface area contributed by atoms with Gasteiger partial charge in [0.15, 0.2) is 5.79 Å². The van der Waals surface area contributed by atoms with Crippen LogP contribution in [-0.4, -0.2) is 60.0 Å². The second kappa shape index (κ2) is 10.0. The Morgan fingerprint density at radius 1 is 1.03 bits per heavy atom. The zero-order chi connectivity index (χ0) is 26.3. The smallest absolute Gasteiger partial charge is 0.251 e. The van der Waals surface area contributed by atoms with Gasteiger partial charge in [-0.15, -0.1) is 0 Å². The lowest BCUT2D eigenvalue weighted by atomic mass is 9.66. The summed E-state index contributed by atoms with van der Waals surface area (Å²) in [6.07, 6.45) is 2.00. The highest BCUT2D eigenvalue weighted by atomic mass is 35.5. The van der Waals surface area contributed by atoms with E-state index in [1.165, 1.54) is 0 Å². The van der Waals surface area contributed by atoms with E-state index in [4.69, 9.17) is 21.1 Å². The van der Waals surface area contributed by atoms with Crippen molar-refractivity contribution in [1.82, 2.24) is 10.2 Å². The number of piperidine rings is 1. The number of carbonyl (C=O) groups excluding carboxylic acids is 2. The molecule has 3 atom stereocenters. The summed E-state index contributed by atoms with van der Waals surface area (Å²) in [4.78, 5) is 28.9. The first-order chi connectivity index (χ1) is 17.6. The predicted molar refractivity (Wildman–Crippen MR) is 140 cm³/mol. The molecule has 7 nitrogen and oxygen atoms in total. The topological polar surface area (TPSA) is 88.1 Å². The maximum absolute atomic E-state index is 14.1. The van der Waals surface area contributed by atoms with Gasteiger partial charge in [-0.1, -0.05) is 55.8 Å². The molecule has 0 radical (unpaired) electrons. The van der Waals surface area contributed by atoms with Crippen LogP contribution in [0.2, 0.25) is 5.02 Å². The molecular weight excluding hydrogens is 492 g/mol. The highest BCUT2D eigenvalue weighted by Gasteiger charge is 2.53. The molecule has 2 aromatic carbocycles. The van der Waals surface area contributed by atoms with Gasteiger partial charge < -0.3 is 24.8 Å². The van der Waals surface area contributed by atoms with Gasteiger partial charge >= 0.3 is 0 Å². The van der Waals surface area contributed by atoms with Crippen LogP contribution in [-0.2, 0) is 19.9 Å². The van der Waals surface area contributed by atoms with Crippen molar-refractivity contribution in [2.45, 2.75) is 57.0 Å². The molecular formula is C29H35ClN2O5. The van der Waals surface area contributed by atoms with Crippen LogP contribution in [0.5, 0.6) is 0 Å². The van der Waals surface area contributed by atoms with E-state index in [-0.39, 0.29) is 17.9 Å². The predicted octanol–water partition coefficient (Wildman–Crippen LogP) is 4.13. The molecule has 1 spiro atoms. The van der Waals surface area contributed by atoms with Crippen molar-refractivity contribution in [3.63, 3.8) is 0 Å². The quantitative estimate of drug-likeness (QED) is 0.625. The molecule has 2 aliphatic heterocycles. The molecule has 1 saturated carbocycles. The lowest BCUT2D eigenvalue weighted by Crippen LogP contribution is -2.60. The number of hydrogen-bond acceptors (Lipinski definition) is 5. The molecule has 1 aliphatic carbocycles. The number of amides is 2. The van der Waals surface area contributed by atoms with Crippen molar-refractivity contribution in [1.29, 1.82) is 0 Å². The summed E-state index contributed by atoms with van der Waals surface area (Å²) in [5.41, 5.74) is -0.341. The van der Waals surface area contributed by atoms with Gasteiger partial charge in [0.05, 0.1) is 24.7 Å². The molecule has 2 N–H and O–H groups in total. The van der Waals surface area contributed by atoms with E-state index >= 15 is 0 Å². The third-order valence-electron chi connectivity index (χ3n) is 8.42. The summed E-state index contributed by atoms with van der Waals surface area (Å²) in [5.74, 6) is -1.49. The molecule has 198 valence electrons. The minimum atomic E-state index is -1.10. The van der Waals surface area contributed by atoms with Gasteiger partial charge in [-0.3, -0.25) is 9.59 Å². The first-order valence-corrected chi connectivity index (χ1v) is 13.4. The summed E-state index contributed by atoms with van der Waals surface area (Å²) in [7, 11) is 0. The SMILES string of the molecule is CC1(C)CN(C(=O)[C@H]2CC3(CC[C@H]2NC(=O)c2ccccc2)OCCO3)CCC1(O)c1ccc(Cl)cc1. The van der Waals surface area contributed by atoms with Crippen molar-refractivity contribution < 1.29 is 24.2 Å². The summed E-state index contributed by atoms with van der Waals surface area (Å²) in [6, 6.07) is 16.0. The highest BCUT2D eigenvalue weighted by molar-refractivity contribution is 6.30. The largest absolute Gasteiger partial charge is 0.384 e. The van der Waals surface area contributed by atoms with E-state index in [1.807, 2.05) is 49.1 Å². The minimum absolute atomic E-state index is 0.0391. The Hall–Kier alpha value is -2.45. The highest BCUT2D eigenvalue weighted by Crippen LogP contribution is 2.47. The standard InChI is InChI=1S/C29H35ClN2O5/c1-27(2)19-32(15-14-29(27,35)21-8-10-22(30)11-9-21)26(34)23-18-28(36-16-17-37-28)13-12-24(23)31-25(33)20-6-4-3-5-7-20/h3-11,23-24,35H,12-19H2,1-2H3,(H,31,33)/t23-,24+,29?/m0/s1. The first kappa shape index (κ1) is 26.2. The number of nitrogens with zero attached hydrogens (tertiary/aromatic N) is 1. The Bertz CT molecular complexity index is 1130. The lowest BCUT2D eigenvalue weighted by molar-refractivity contribution is -0.197. The molecule has 3 fully saturated rings. The summed E-state index contributed by atoms with van der Waals surface area (Å²) < 4.78 is 11.9. The average Bonchev–Trinajstić information content (AvgIpc) is 3.35. The van der Waals surface area contributed by atoms with Gasteiger partial charge in [0, 0.05) is 48.0 Å². The van der Waals surface area contributed by atoms with Crippen molar-refractivity contribution in [3.8, 4) is 0 Å². The third-order valence-corrected chi connectivity index (χ3v) is 8.67. The average molecular weight is 527 g/mol. The molecule has 1 unspecified atom stereocenters. The maximum Gasteiger partial charge on any atom is 0.251 e.